The third-order valence-electron chi connectivity index (χ3n) is 4.02. The van der Waals surface area contributed by atoms with Crippen molar-refractivity contribution in [3.8, 4) is 0 Å². The molecule has 0 aliphatic carbocycles. The predicted molar refractivity (Wildman–Crippen MR) is 81.3 cm³/mol. The van der Waals surface area contributed by atoms with E-state index in [0.29, 0.717) is 6.04 Å². The molecule has 3 nitrogen and oxygen atoms in total. The Labute approximate surface area is 121 Å². The highest BCUT2D eigenvalue weighted by atomic mass is 35.5. The van der Waals surface area contributed by atoms with Crippen LogP contribution in [0.15, 0.2) is 6.07 Å². The summed E-state index contributed by atoms with van der Waals surface area (Å²) in [5, 5.41) is 0. The van der Waals surface area contributed by atoms with Gasteiger partial charge in [0.25, 0.3) is 0 Å². The van der Waals surface area contributed by atoms with Gasteiger partial charge in [-0.3, -0.25) is 4.79 Å². The van der Waals surface area contributed by atoms with Crippen molar-refractivity contribution >= 4 is 17.4 Å². The average Bonchev–Trinajstić information content (AvgIpc) is 2.69. The van der Waals surface area contributed by atoms with Crippen LogP contribution in [0.25, 0.3) is 0 Å². The summed E-state index contributed by atoms with van der Waals surface area (Å²) in [5.41, 5.74) is 2.92. The van der Waals surface area contributed by atoms with Crippen molar-refractivity contribution in [2.75, 3.05) is 19.5 Å². The number of carbonyl (C=O) groups excluding carboxylic acids is 1. The number of Topliss-reactive ketones (excluding diaryl/α,β-unsaturated/α-hetero) is 1. The zero-order chi connectivity index (χ0) is 14.6. The number of rotatable bonds is 7. The van der Waals surface area contributed by atoms with Crippen molar-refractivity contribution in [2.24, 2.45) is 0 Å². The molecule has 1 aromatic rings. The number of hydrogen-bond donors (Lipinski definition) is 0. The fraction of sp³-hybridized carbons (Fsp3) is 0.667. The van der Waals surface area contributed by atoms with Crippen LogP contribution in [-0.2, 0) is 6.54 Å². The molecule has 1 atom stereocenters. The van der Waals surface area contributed by atoms with Crippen LogP contribution in [0.3, 0.4) is 0 Å². The number of alkyl halides is 1. The molecular formula is C15H25ClN2O. The lowest BCUT2D eigenvalue weighted by atomic mass is 10.2. The number of nitrogens with zero attached hydrogens (tertiary/aromatic N) is 2. The SMILES string of the molecule is CCC(C)N(C)CCn1c(C)cc(C(=O)CCl)c1C. The fourth-order valence-corrected chi connectivity index (χ4v) is 2.43. The Morgan fingerprint density at radius 2 is 2.11 bits per heavy atom. The van der Waals surface area contributed by atoms with Gasteiger partial charge in [0.1, 0.15) is 0 Å². The van der Waals surface area contributed by atoms with Gasteiger partial charge >= 0.3 is 0 Å². The van der Waals surface area contributed by atoms with Gasteiger partial charge in [0.05, 0.1) is 5.88 Å². The number of aryl methyl sites for hydroxylation is 1. The third kappa shape index (κ3) is 3.83. The summed E-state index contributed by atoms with van der Waals surface area (Å²) in [7, 11) is 2.15. The maximum Gasteiger partial charge on any atom is 0.179 e. The Bertz CT molecular complexity index is 440. The Morgan fingerprint density at radius 1 is 1.47 bits per heavy atom. The molecule has 4 heteroatoms. The second kappa shape index (κ2) is 7.11. The molecule has 0 aromatic carbocycles. The Balaban J connectivity index is 2.79. The van der Waals surface area contributed by atoms with Crippen molar-refractivity contribution in [1.82, 2.24) is 9.47 Å². The molecule has 0 fully saturated rings. The van der Waals surface area contributed by atoms with Crippen molar-refractivity contribution < 1.29 is 4.79 Å². The van der Waals surface area contributed by atoms with E-state index in [0.717, 1.165) is 36.5 Å². The molecule has 0 radical (unpaired) electrons. The van der Waals surface area contributed by atoms with Crippen LogP contribution in [0.5, 0.6) is 0 Å². The summed E-state index contributed by atoms with van der Waals surface area (Å²) in [4.78, 5) is 14.1. The molecule has 1 heterocycles. The van der Waals surface area contributed by atoms with Gasteiger partial charge in [-0.25, -0.2) is 0 Å². The highest BCUT2D eigenvalue weighted by molar-refractivity contribution is 6.30. The standard InChI is InChI=1S/C15H25ClN2O/c1-6-11(2)17(5)7-8-18-12(3)9-14(13(18)4)15(19)10-16/h9,11H,6-8,10H2,1-5H3. The van der Waals surface area contributed by atoms with Crippen molar-refractivity contribution in [3.05, 3.63) is 23.0 Å². The molecule has 0 saturated heterocycles. The molecule has 108 valence electrons. The third-order valence-corrected chi connectivity index (χ3v) is 4.26. The van der Waals surface area contributed by atoms with E-state index >= 15 is 0 Å². The monoisotopic (exact) mass is 284 g/mol. The average molecular weight is 285 g/mol. The van der Waals surface area contributed by atoms with E-state index in [1.165, 1.54) is 0 Å². The number of carbonyl (C=O) groups is 1. The molecule has 0 N–H and O–H groups in total. The first-order chi connectivity index (χ1) is 8.92. The van der Waals surface area contributed by atoms with Gasteiger partial charge in [0.2, 0.25) is 0 Å². The van der Waals surface area contributed by atoms with E-state index in [2.05, 4.69) is 30.4 Å². The van der Waals surface area contributed by atoms with Gasteiger partial charge in [-0.05, 0) is 40.3 Å². The van der Waals surface area contributed by atoms with Crippen LogP contribution >= 0.6 is 11.6 Å². The first kappa shape index (κ1) is 16.3. The number of halogens is 1. The van der Waals surface area contributed by atoms with Crippen molar-refractivity contribution in [3.63, 3.8) is 0 Å². The second-order valence-corrected chi connectivity index (χ2v) is 5.50. The zero-order valence-electron chi connectivity index (χ0n) is 12.7. The molecule has 1 unspecified atom stereocenters. The summed E-state index contributed by atoms with van der Waals surface area (Å²) in [6.45, 7) is 10.4. The van der Waals surface area contributed by atoms with E-state index in [1.54, 1.807) is 0 Å². The number of likely N-dealkylation sites (N-methyl/N-ethyl adjacent to an activating group) is 1. The van der Waals surface area contributed by atoms with E-state index in [1.807, 2.05) is 19.9 Å². The van der Waals surface area contributed by atoms with E-state index in [-0.39, 0.29) is 11.7 Å². The van der Waals surface area contributed by atoms with E-state index in [4.69, 9.17) is 11.6 Å². The Morgan fingerprint density at radius 3 is 2.63 bits per heavy atom. The van der Waals surface area contributed by atoms with Gasteiger partial charge in [0.15, 0.2) is 5.78 Å². The van der Waals surface area contributed by atoms with Gasteiger partial charge < -0.3 is 9.47 Å². The first-order valence-electron chi connectivity index (χ1n) is 6.88. The zero-order valence-corrected chi connectivity index (χ0v) is 13.4. The fourth-order valence-electron chi connectivity index (χ4n) is 2.29. The van der Waals surface area contributed by atoms with Gasteiger partial charge in [-0.15, -0.1) is 11.6 Å². The molecule has 1 rings (SSSR count). The van der Waals surface area contributed by atoms with Crippen molar-refractivity contribution in [2.45, 2.75) is 46.7 Å². The number of aromatic nitrogens is 1. The topological polar surface area (TPSA) is 25.2 Å². The van der Waals surface area contributed by atoms with Crippen LogP contribution in [0.4, 0.5) is 0 Å². The molecule has 0 bridgehead atoms. The molecule has 0 amide bonds. The van der Waals surface area contributed by atoms with Gasteiger partial charge in [-0.2, -0.15) is 0 Å². The normalized spacial score (nSPS) is 13.0. The lowest BCUT2D eigenvalue weighted by molar-refractivity contribution is 0.102. The van der Waals surface area contributed by atoms with E-state index in [9.17, 15) is 4.79 Å². The minimum atomic E-state index is 0.0105. The number of ketones is 1. The largest absolute Gasteiger partial charge is 0.347 e. The van der Waals surface area contributed by atoms with Crippen LogP contribution in [0.1, 0.15) is 42.0 Å². The predicted octanol–water partition coefficient (Wildman–Crippen LogP) is 3.26. The molecule has 0 aliphatic heterocycles. The van der Waals surface area contributed by atoms with E-state index < -0.39 is 0 Å². The van der Waals surface area contributed by atoms with Gasteiger partial charge in [-0.1, -0.05) is 6.92 Å². The van der Waals surface area contributed by atoms with Gasteiger partial charge in [0, 0.05) is 36.1 Å². The van der Waals surface area contributed by atoms with Crippen LogP contribution in [0, 0.1) is 13.8 Å². The Hall–Kier alpha value is -0.800. The maximum atomic E-state index is 11.7. The molecule has 0 saturated carbocycles. The number of hydrogen-bond acceptors (Lipinski definition) is 2. The first-order valence-corrected chi connectivity index (χ1v) is 7.41. The highest BCUT2D eigenvalue weighted by Gasteiger charge is 2.15. The lowest BCUT2D eigenvalue weighted by Gasteiger charge is -2.24. The quantitative estimate of drug-likeness (QED) is 0.567. The Kier molecular flexibility index (Phi) is 6.08. The van der Waals surface area contributed by atoms with Crippen LogP contribution in [0.2, 0.25) is 0 Å². The summed E-state index contributed by atoms with van der Waals surface area (Å²) in [6, 6.07) is 2.53. The summed E-state index contributed by atoms with van der Waals surface area (Å²) in [5.74, 6) is 0.0631. The molecule has 1 aromatic heterocycles. The summed E-state index contributed by atoms with van der Waals surface area (Å²) in [6.07, 6.45) is 1.15. The lowest BCUT2D eigenvalue weighted by Crippen LogP contribution is -2.31. The summed E-state index contributed by atoms with van der Waals surface area (Å²) < 4.78 is 2.21. The smallest absolute Gasteiger partial charge is 0.179 e. The van der Waals surface area contributed by atoms with Crippen LogP contribution < -0.4 is 0 Å². The molecule has 0 aliphatic rings. The molecule has 0 spiro atoms. The maximum absolute atomic E-state index is 11.7. The second-order valence-electron chi connectivity index (χ2n) is 5.23. The minimum Gasteiger partial charge on any atom is -0.347 e. The highest BCUT2D eigenvalue weighted by Crippen LogP contribution is 2.16. The molecular weight excluding hydrogens is 260 g/mol. The van der Waals surface area contributed by atoms with Crippen LogP contribution in [-0.4, -0.2) is 40.8 Å². The molecule has 19 heavy (non-hydrogen) atoms. The van der Waals surface area contributed by atoms with Crippen molar-refractivity contribution in [1.29, 1.82) is 0 Å². The summed E-state index contributed by atoms with van der Waals surface area (Å²) >= 11 is 5.64. The minimum absolute atomic E-state index is 0.0105.